The van der Waals surface area contributed by atoms with Crippen molar-refractivity contribution in [1.29, 1.82) is 0 Å². The number of hydrogen-bond donors (Lipinski definition) is 0. The molecule has 3 rings (SSSR count). The zero-order chi connectivity index (χ0) is 16.2. The highest BCUT2D eigenvalue weighted by molar-refractivity contribution is 6.30. The average molecular weight is 332 g/mol. The Morgan fingerprint density at radius 3 is 2.83 bits per heavy atom. The van der Waals surface area contributed by atoms with Gasteiger partial charge in [-0.15, -0.1) is 5.10 Å². The molecular formula is C17H15ClFN3O. The Balaban J connectivity index is 1.69. The predicted octanol–water partition coefficient (Wildman–Crippen LogP) is 4.26. The number of hydrogen-bond acceptors (Lipinski definition) is 3. The van der Waals surface area contributed by atoms with Gasteiger partial charge in [-0.25, -0.2) is 9.07 Å². The summed E-state index contributed by atoms with van der Waals surface area (Å²) in [6, 6.07) is 13.9. The zero-order valence-corrected chi connectivity index (χ0v) is 13.2. The molecule has 0 aliphatic carbocycles. The molecular weight excluding hydrogens is 317 g/mol. The maximum atomic E-state index is 13.5. The summed E-state index contributed by atoms with van der Waals surface area (Å²) < 4.78 is 20.7. The van der Waals surface area contributed by atoms with E-state index < -0.39 is 5.82 Å². The van der Waals surface area contributed by atoms with E-state index in [9.17, 15) is 4.39 Å². The molecule has 4 nitrogen and oxygen atoms in total. The molecule has 1 aromatic heterocycles. The number of aromatic nitrogens is 3. The van der Waals surface area contributed by atoms with Crippen LogP contribution in [0.5, 0.6) is 5.75 Å². The number of ether oxygens (including phenoxy) is 1. The molecule has 0 fully saturated rings. The molecule has 1 heterocycles. The lowest BCUT2D eigenvalue weighted by Crippen LogP contribution is -2.07. The number of nitrogens with zero attached hydrogens (tertiary/aromatic N) is 3. The van der Waals surface area contributed by atoms with E-state index in [4.69, 9.17) is 16.3 Å². The van der Waals surface area contributed by atoms with Gasteiger partial charge < -0.3 is 4.74 Å². The summed E-state index contributed by atoms with van der Waals surface area (Å²) in [5.41, 5.74) is 1.66. The molecule has 0 spiro atoms. The second-order valence-corrected chi connectivity index (χ2v) is 5.58. The third kappa shape index (κ3) is 3.68. The maximum Gasteiger partial charge on any atom is 0.165 e. The maximum absolute atomic E-state index is 13.5. The first kappa shape index (κ1) is 15.5. The first-order chi connectivity index (χ1) is 11.1. The van der Waals surface area contributed by atoms with Crippen LogP contribution in [-0.2, 0) is 6.61 Å². The van der Waals surface area contributed by atoms with Crippen molar-refractivity contribution in [1.82, 2.24) is 15.0 Å². The van der Waals surface area contributed by atoms with Crippen molar-refractivity contribution >= 4 is 11.6 Å². The first-order valence-electron chi connectivity index (χ1n) is 7.17. The lowest BCUT2D eigenvalue weighted by Gasteiger charge is -2.11. The molecule has 118 valence electrons. The van der Waals surface area contributed by atoms with Gasteiger partial charge >= 0.3 is 0 Å². The van der Waals surface area contributed by atoms with Gasteiger partial charge in [0.1, 0.15) is 12.3 Å². The summed E-state index contributed by atoms with van der Waals surface area (Å²) in [6.45, 7) is 2.16. The van der Waals surface area contributed by atoms with Crippen molar-refractivity contribution in [2.24, 2.45) is 0 Å². The van der Waals surface area contributed by atoms with Gasteiger partial charge in [-0.3, -0.25) is 0 Å². The van der Waals surface area contributed by atoms with Crippen LogP contribution in [0.3, 0.4) is 0 Å². The highest BCUT2D eigenvalue weighted by Gasteiger charge is 2.11. The molecule has 0 saturated carbocycles. The molecule has 0 N–H and O–H groups in total. The van der Waals surface area contributed by atoms with Crippen LogP contribution in [0.4, 0.5) is 4.39 Å². The summed E-state index contributed by atoms with van der Waals surface area (Å²) in [5.74, 6) is -0.197. The van der Waals surface area contributed by atoms with E-state index in [0.717, 1.165) is 5.56 Å². The van der Waals surface area contributed by atoms with Gasteiger partial charge in [-0.2, -0.15) is 0 Å². The Hall–Kier alpha value is -2.40. The molecule has 23 heavy (non-hydrogen) atoms. The van der Waals surface area contributed by atoms with Crippen LogP contribution in [0.15, 0.2) is 54.7 Å². The summed E-state index contributed by atoms with van der Waals surface area (Å²) in [4.78, 5) is 0. The van der Waals surface area contributed by atoms with Crippen LogP contribution in [0.25, 0.3) is 0 Å². The SMILES string of the molecule is CC(c1cccc(Cl)c1)n1cc(COc2ccccc2F)nn1. The number of rotatable bonds is 5. The summed E-state index contributed by atoms with van der Waals surface area (Å²) in [5, 5.41) is 8.85. The van der Waals surface area contributed by atoms with Gasteiger partial charge in [0, 0.05) is 5.02 Å². The molecule has 0 saturated heterocycles. The van der Waals surface area contributed by atoms with Crippen LogP contribution in [0.1, 0.15) is 24.2 Å². The number of halogens is 2. The molecule has 3 aromatic rings. The van der Waals surface area contributed by atoms with E-state index in [1.165, 1.54) is 6.07 Å². The van der Waals surface area contributed by atoms with Crippen LogP contribution in [0.2, 0.25) is 5.02 Å². The molecule has 0 radical (unpaired) electrons. The van der Waals surface area contributed by atoms with E-state index >= 15 is 0 Å². The predicted molar refractivity (Wildman–Crippen MR) is 86.0 cm³/mol. The Kier molecular flexibility index (Phi) is 4.57. The first-order valence-corrected chi connectivity index (χ1v) is 7.55. The second-order valence-electron chi connectivity index (χ2n) is 5.14. The lowest BCUT2D eigenvalue weighted by molar-refractivity contribution is 0.286. The van der Waals surface area contributed by atoms with Crippen molar-refractivity contribution in [3.8, 4) is 5.75 Å². The Morgan fingerprint density at radius 2 is 2.04 bits per heavy atom. The number of para-hydroxylation sites is 1. The van der Waals surface area contributed by atoms with Crippen LogP contribution >= 0.6 is 11.6 Å². The van der Waals surface area contributed by atoms with Crippen molar-refractivity contribution in [2.45, 2.75) is 19.6 Å². The fraction of sp³-hybridized carbons (Fsp3) is 0.176. The molecule has 0 bridgehead atoms. The Morgan fingerprint density at radius 1 is 1.22 bits per heavy atom. The third-order valence-corrected chi connectivity index (χ3v) is 3.73. The van der Waals surface area contributed by atoms with Gasteiger partial charge in [0.2, 0.25) is 0 Å². The smallest absolute Gasteiger partial charge is 0.165 e. The van der Waals surface area contributed by atoms with Crippen molar-refractivity contribution < 1.29 is 9.13 Å². The Bertz CT molecular complexity index is 806. The molecule has 6 heteroatoms. The van der Waals surface area contributed by atoms with Gasteiger partial charge in [0.25, 0.3) is 0 Å². The van der Waals surface area contributed by atoms with E-state index in [2.05, 4.69) is 10.3 Å². The van der Waals surface area contributed by atoms with Crippen molar-refractivity contribution in [3.05, 3.63) is 76.8 Å². The third-order valence-electron chi connectivity index (χ3n) is 3.50. The molecule has 2 aromatic carbocycles. The van der Waals surface area contributed by atoms with Gasteiger partial charge in [0.15, 0.2) is 11.6 Å². The molecule has 0 amide bonds. The van der Waals surface area contributed by atoms with E-state index in [1.54, 1.807) is 29.1 Å². The van der Waals surface area contributed by atoms with Gasteiger partial charge in [0.05, 0.1) is 12.2 Å². The largest absolute Gasteiger partial charge is 0.484 e. The van der Waals surface area contributed by atoms with E-state index in [0.29, 0.717) is 10.7 Å². The minimum atomic E-state index is -0.396. The molecule has 1 unspecified atom stereocenters. The minimum Gasteiger partial charge on any atom is -0.484 e. The van der Waals surface area contributed by atoms with Gasteiger partial charge in [-0.05, 0) is 36.8 Å². The molecule has 0 aliphatic heterocycles. The average Bonchev–Trinajstić information content (AvgIpc) is 3.02. The minimum absolute atomic E-state index is 0.0107. The van der Waals surface area contributed by atoms with E-state index in [1.807, 2.05) is 31.2 Å². The lowest BCUT2D eigenvalue weighted by atomic mass is 10.1. The van der Waals surface area contributed by atoms with Crippen molar-refractivity contribution in [2.75, 3.05) is 0 Å². The van der Waals surface area contributed by atoms with Crippen LogP contribution < -0.4 is 4.74 Å². The summed E-state index contributed by atoms with van der Waals surface area (Å²) in [6.07, 6.45) is 1.78. The normalized spacial score (nSPS) is 12.1. The molecule has 0 aliphatic rings. The number of benzene rings is 2. The van der Waals surface area contributed by atoms with E-state index in [-0.39, 0.29) is 18.4 Å². The fourth-order valence-corrected chi connectivity index (χ4v) is 2.40. The summed E-state index contributed by atoms with van der Waals surface area (Å²) in [7, 11) is 0. The second kappa shape index (κ2) is 6.79. The quantitative estimate of drug-likeness (QED) is 0.701. The standard InChI is InChI=1S/C17H15ClFN3O/c1-12(13-5-4-6-14(18)9-13)22-10-15(20-21-22)11-23-17-8-3-2-7-16(17)19/h2-10,12H,11H2,1H3. The highest BCUT2D eigenvalue weighted by atomic mass is 35.5. The topological polar surface area (TPSA) is 39.9 Å². The van der Waals surface area contributed by atoms with Crippen LogP contribution in [-0.4, -0.2) is 15.0 Å². The zero-order valence-electron chi connectivity index (χ0n) is 12.5. The van der Waals surface area contributed by atoms with Gasteiger partial charge in [-0.1, -0.05) is 41.1 Å². The fourth-order valence-electron chi connectivity index (χ4n) is 2.20. The monoisotopic (exact) mass is 331 g/mol. The Labute approximate surface area is 138 Å². The summed E-state index contributed by atoms with van der Waals surface area (Å²) >= 11 is 6.01. The van der Waals surface area contributed by atoms with Crippen molar-refractivity contribution in [3.63, 3.8) is 0 Å². The highest BCUT2D eigenvalue weighted by Crippen LogP contribution is 2.21. The molecule has 1 atom stereocenters. The van der Waals surface area contributed by atoms with Crippen LogP contribution in [0, 0.1) is 5.82 Å².